The van der Waals surface area contributed by atoms with E-state index in [9.17, 15) is 9.59 Å². The van der Waals surface area contributed by atoms with Crippen molar-refractivity contribution < 1.29 is 14.7 Å². The van der Waals surface area contributed by atoms with Crippen molar-refractivity contribution in [2.24, 2.45) is 5.41 Å². The zero-order chi connectivity index (χ0) is 15.3. The summed E-state index contributed by atoms with van der Waals surface area (Å²) in [6, 6.07) is -0.991. The fourth-order valence-electron chi connectivity index (χ4n) is 2.38. The molecule has 1 saturated heterocycles. The lowest BCUT2D eigenvalue weighted by Crippen LogP contribution is -2.55. The Hall–Kier alpha value is -0.950. The minimum atomic E-state index is -0.931. The van der Waals surface area contributed by atoms with Gasteiger partial charge >= 0.3 is 12.0 Å². The van der Waals surface area contributed by atoms with Gasteiger partial charge in [-0.15, -0.1) is 0 Å². The van der Waals surface area contributed by atoms with Crippen molar-refractivity contribution in [2.45, 2.75) is 19.9 Å². The summed E-state index contributed by atoms with van der Waals surface area (Å²) in [5.41, 5.74) is -0.0532. The highest BCUT2D eigenvalue weighted by atomic mass is 32.2. The molecule has 1 heterocycles. The van der Waals surface area contributed by atoms with E-state index in [4.69, 9.17) is 5.11 Å². The first-order valence-electron chi connectivity index (χ1n) is 6.73. The van der Waals surface area contributed by atoms with Crippen molar-refractivity contribution in [2.75, 3.05) is 45.2 Å². The van der Waals surface area contributed by atoms with Gasteiger partial charge in [-0.05, 0) is 19.5 Å². The number of rotatable bonds is 5. The van der Waals surface area contributed by atoms with Gasteiger partial charge in [0.15, 0.2) is 0 Å². The highest BCUT2D eigenvalue weighted by molar-refractivity contribution is 7.99. The maximum atomic E-state index is 12.2. The minimum absolute atomic E-state index is 0.0532. The largest absolute Gasteiger partial charge is 0.480 e. The average molecular weight is 303 g/mol. The molecule has 0 bridgehead atoms. The monoisotopic (exact) mass is 303 g/mol. The molecule has 0 radical (unpaired) electrons. The van der Waals surface area contributed by atoms with Crippen LogP contribution in [0.3, 0.4) is 0 Å². The molecule has 0 aromatic carbocycles. The molecule has 1 aliphatic heterocycles. The van der Waals surface area contributed by atoms with Crippen molar-refractivity contribution in [1.29, 1.82) is 0 Å². The summed E-state index contributed by atoms with van der Waals surface area (Å²) in [6.07, 6.45) is 0. The Bertz CT molecular complexity index is 361. The summed E-state index contributed by atoms with van der Waals surface area (Å²) < 4.78 is 0. The van der Waals surface area contributed by atoms with Crippen LogP contribution < -0.4 is 5.32 Å². The molecule has 7 heteroatoms. The first kappa shape index (κ1) is 17.1. The average Bonchev–Trinajstić information content (AvgIpc) is 2.34. The number of carboxylic acids is 1. The van der Waals surface area contributed by atoms with Crippen LogP contribution in [0.15, 0.2) is 0 Å². The fourth-order valence-corrected chi connectivity index (χ4v) is 3.42. The smallest absolute Gasteiger partial charge is 0.327 e. The maximum Gasteiger partial charge on any atom is 0.327 e. The Morgan fingerprint density at radius 2 is 2.10 bits per heavy atom. The number of aliphatic carboxylic acids is 1. The number of amides is 2. The van der Waals surface area contributed by atoms with Crippen LogP contribution >= 0.6 is 11.8 Å². The summed E-state index contributed by atoms with van der Waals surface area (Å²) in [7, 11) is 3.98. The Morgan fingerprint density at radius 1 is 1.45 bits per heavy atom. The first-order valence-corrected chi connectivity index (χ1v) is 7.88. The van der Waals surface area contributed by atoms with E-state index >= 15 is 0 Å². The highest BCUT2D eigenvalue weighted by Gasteiger charge is 2.33. The molecule has 1 aliphatic rings. The summed E-state index contributed by atoms with van der Waals surface area (Å²) in [4.78, 5) is 26.9. The third kappa shape index (κ3) is 5.20. The zero-order valence-electron chi connectivity index (χ0n) is 12.7. The lowest BCUT2D eigenvalue weighted by atomic mass is 9.93. The van der Waals surface area contributed by atoms with Gasteiger partial charge in [0.25, 0.3) is 0 Å². The number of hydrogen-bond acceptors (Lipinski definition) is 4. The molecule has 0 aliphatic carbocycles. The van der Waals surface area contributed by atoms with Crippen molar-refractivity contribution in [3.63, 3.8) is 0 Å². The van der Waals surface area contributed by atoms with E-state index < -0.39 is 12.0 Å². The predicted molar refractivity (Wildman–Crippen MR) is 81.2 cm³/mol. The van der Waals surface area contributed by atoms with Crippen LogP contribution in [0, 0.1) is 5.41 Å². The van der Waals surface area contributed by atoms with Crippen LogP contribution in [0.5, 0.6) is 0 Å². The molecule has 116 valence electrons. The normalized spacial score (nSPS) is 20.1. The van der Waals surface area contributed by atoms with E-state index in [0.29, 0.717) is 18.8 Å². The molecule has 2 amide bonds. The summed E-state index contributed by atoms with van der Waals surface area (Å²) >= 11 is 1.58. The third-order valence-corrected chi connectivity index (χ3v) is 4.16. The van der Waals surface area contributed by atoms with E-state index in [0.717, 1.165) is 12.3 Å². The van der Waals surface area contributed by atoms with Gasteiger partial charge in [-0.25, -0.2) is 9.59 Å². The fraction of sp³-hybridized carbons (Fsp3) is 0.846. The predicted octanol–water partition coefficient (Wildman–Crippen LogP) is 0.786. The van der Waals surface area contributed by atoms with E-state index in [-0.39, 0.29) is 11.4 Å². The number of carbonyl (C=O) groups is 2. The molecule has 1 unspecified atom stereocenters. The van der Waals surface area contributed by atoms with Crippen LogP contribution in [0.25, 0.3) is 0 Å². The number of nitrogens with one attached hydrogen (secondary N) is 1. The molecule has 0 aromatic heterocycles. The maximum absolute atomic E-state index is 12.2. The van der Waals surface area contributed by atoms with Crippen LogP contribution in [0.4, 0.5) is 4.79 Å². The standard InChI is InChI=1S/C13H25N3O3S/c1-13(2,9-15(3)4)8-14-12(19)16-5-6-20-7-10(16)11(17)18/h10H,5-9H2,1-4H3,(H,14,19)(H,17,18). The van der Waals surface area contributed by atoms with Crippen molar-refractivity contribution in [3.05, 3.63) is 0 Å². The topological polar surface area (TPSA) is 72.9 Å². The molecular formula is C13H25N3O3S. The molecule has 0 saturated carbocycles. The number of hydrogen-bond donors (Lipinski definition) is 2. The molecule has 20 heavy (non-hydrogen) atoms. The molecule has 2 N–H and O–H groups in total. The van der Waals surface area contributed by atoms with Gasteiger partial charge < -0.3 is 20.2 Å². The van der Waals surface area contributed by atoms with E-state index in [1.807, 2.05) is 14.1 Å². The number of thioether (sulfide) groups is 1. The molecule has 0 aromatic rings. The van der Waals surface area contributed by atoms with Crippen LogP contribution in [0.2, 0.25) is 0 Å². The second kappa shape index (κ2) is 7.17. The number of nitrogens with zero attached hydrogens (tertiary/aromatic N) is 2. The molecule has 0 spiro atoms. The van der Waals surface area contributed by atoms with E-state index in [1.165, 1.54) is 4.90 Å². The lowest BCUT2D eigenvalue weighted by molar-refractivity contribution is -0.141. The summed E-state index contributed by atoms with van der Waals surface area (Å²) in [5.74, 6) is 0.321. The molecular weight excluding hydrogens is 278 g/mol. The number of carboxylic acid groups (broad SMARTS) is 1. The molecule has 1 atom stereocenters. The van der Waals surface area contributed by atoms with Gasteiger partial charge in [0.1, 0.15) is 6.04 Å². The lowest BCUT2D eigenvalue weighted by Gasteiger charge is -2.34. The van der Waals surface area contributed by atoms with Gasteiger partial charge in [-0.1, -0.05) is 13.8 Å². The Balaban J connectivity index is 2.54. The Morgan fingerprint density at radius 3 is 2.65 bits per heavy atom. The van der Waals surface area contributed by atoms with Gasteiger partial charge in [0, 0.05) is 31.1 Å². The van der Waals surface area contributed by atoms with E-state index in [1.54, 1.807) is 11.8 Å². The second-order valence-electron chi connectivity index (χ2n) is 6.18. The number of urea groups is 1. The summed E-state index contributed by atoms with van der Waals surface area (Å²) in [6.45, 7) is 6.02. The van der Waals surface area contributed by atoms with Crippen molar-refractivity contribution in [1.82, 2.24) is 15.1 Å². The minimum Gasteiger partial charge on any atom is -0.480 e. The van der Waals surface area contributed by atoms with Gasteiger partial charge in [0.2, 0.25) is 0 Å². The van der Waals surface area contributed by atoms with Crippen LogP contribution in [-0.2, 0) is 4.79 Å². The van der Waals surface area contributed by atoms with Crippen molar-refractivity contribution >= 4 is 23.8 Å². The van der Waals surface area contributed by atoms with E-state index in [2.05, 4.69) is 24.1 Å². The SMILES string of the molecule is CN(C)CC(C)(C)CNC(=O)N1CCSCC1C(=O)O. The Labute approximate surface area is 124 Å². The molecule has 6 nitrogen and oxygen atoms in total. The summed E-state index contributed by atoms with van der Waals surface area (Å²) in [5, 5.41) is 12.0. The first-order chi connectivity index (χ1) is 9.23. The second-order valence-corrected chi connectivity index (χ2v) is 7.33. The molecule has 1 fully saturated rings. The zero-order valence-corrected chi connectivity index (χ0v) is 13.5. The quantitative estimate of drug-likeness (QED) is 0.785. The van der Waals surface area contributed by atoms with Gasteiger partial charge in [-0.3, -0.25) is 0 Å². The van der Waals surface area contributed by atoms with Gasteiger partial charge in [0.05, 0.1) is 0 Å². The van der Waals surface area contributed by atoms with Crippen LogP contribution in [-0.4, -0.2) is 78.2 Å². The highest BCUT2D eigenvalue weighted by Crippen LogP contribution is 2.18. The van der Waals surface area contributed by atoms with Crippen LogP contribution in [0.1, 0.15) is 13.8 Å². The third-order valence-electron chi connectivity index (χ3n) is 3.14. The number of carbonyl (C=O) groups excluding carboxylic acids is 1. The molecule has 1 rings (SSSR count). The van der Waals surface area contributed by atoms with Crippen molar-refractivity contribution in [3.8, 4) is 0 Å². The Kier molecular flexibility index (Phi) is 6.13. The van der Waals surface area contributed by atoms with Gasteiger partial charge in [-0.2, -0.15) is 11.8 Å².